The van der Waals surface area contributed by atoms with Crippen molar-refractivity contribution in [2.24, 2.45) is 0 Å². The predicted molar refractivity (Wildman–Crippen MR) is 81.7 cm³/mol. The van der Waals surface area contributed by atoms with Crippen molar-refractivity contribution in [3.05, 3.63) is 70.3 Å². The average molecular weight is 330 g/mol. The average Bonchev–Trinajstić information content (AvgIpc) is 2.89. The number of carbonyl (C=O) groups is 1. The van der Waals surface area contributed by atoms with Crippen LogP contribution in [0.1, 0.15) is 22.0 Å². The topological polar surface area (TPSA) is 53.1 Å². The molecule has 1 heterocycles. The lowest BCUT2D eigenvalue weighted by atomic mass is 10.00. The Kier molecular flexibility index (Phi) is 3.42. The molecule has 0 amide bonds. The SMILES string of the molecule is O=C(c1ccccc1)C(O)c1c[nH]c2ccc(Br)cc12. The minimum atomic E-state index is -1.17. The van der Waals surface area contributed by atoms with Crippen LogP contribution in [0.2, 0.25) is 0 Å². The number of hydrogen-bond donors (Lipinski definition) is 2. The Hall–Kier alpha value is -1.91. The van der Waals surface area contributed by atoms with Crippen LogP contribution >= 0.6 is 15.9 Å². The number of hydrogen-bond acceptors (Lipinski definition) is 2. The van der Waals surface area contributed by atoms with Crippen LogP contribution in [-0.2, 0) is 0 Å². The Morgan fingerprint density at radius 1 is 1.15 bits per heavy atom. The zero-order chi connectivity index (χ0) is 14.1. The van der Waals surface area contributed by atoms with Gasteiger partial charge in [0.25, 0.3) is 0 Å². The van der Waals surface area contributed by atoms with Gasteiger partial charge in [0, 0.05) is 32.7 Å². The van der Waals surface area contributed by atoms with Gasteiger partial charge in [0.15, 0.2) is 5.78 Å². The number of H-pyrrole nitrogens is 1. The maximum Gasteiger partial charge on any atom is 0.195 e. The summed E-state index contributed by atoms with van der Waals surface area (Å²) in [5, 5.41) is 11.2. The minimum absolute atomic E-state index is 0.300. The Morgan fingerprint density at radius 3 is 2.65 bits per heavy atom. The molecule has 1 aromatic heterocycles. The molecular weight excluding hydrogens is 318 g/mol. The number of ketones is 1. The lowest BCUT2D eigenvalue weighted by Crippen LogP contribution is -2.11. The van der Waals surface area contributed by atoms with E-state index in [0.717, 1.165) is 15.4 Å². The number of benzene rings is 2. The van der Waals surface area contributed by atoms with Crippen LogP contribution in [0.4, 0.5) is 0 Å². The molecule has 0 bridgehead atoms. The highest BCUT2D eigenvalue weighted by molar-refractivity contribution is 9.10. The fraction of sp³-hybridized carbons (Fsp3) is 0.0625. The molecule has 4 heteroatoms. The third-order valence-corrected chi connectivity index (χ3v) is 3.77. The molecule has 1 atom stereocenters. The Balaban J connectivity index is 2.02. The highest BCUT2D eigenvalue weighted by Crippen LogP contribution is 2.28. The molecule has 0 spiro atoms. The van der Waals surface area contributed by atoms with Gasteiger partial charge < -0.3 is 10.1 Å². The van der Waals surface area contributed by atoms with Gasteiger partial charge in [-0.15, -0.1) is 0 Å². The van der Waals surface area contributed by atoms with Crippen LogP contribution in [0.25, 0.3) is 10.9 Å². The molecule has 20 heavy (non-hydrogen) atoms. The van der Waals surface area contributed by atoms with Crippen LogP contribution < -0.4 is 0 Å². The molecule has 0 saturated heterocycles. The molecular formula is C16H12BrNO2. The first-order valence-electron chi connectivity index (χ1n) is 6.20. The number of Topliss-reactive ketones (excluding diaryl/α,β-unsaturated/α-hetero) is 1. The first kappa shape index (κ1) is 13.1. The molecule has 0 radical (unpaired) electrons. The second kappa shape index (κ2) is 5.23. The lowest BCUT2D eigenvalue weighted by Gasteiger charge is -2.09. The molecule has 2 aromatic carbocycles. The van der Waals surface area contributed by atoms with Crippen LogP contribution in [-0.4, -0.2) is 15.9 Å². The molecule has 3 nitrogen and oxygen atoms in total. The number of rotatable bonds is 3. The summed E-state index contributed by atoms with van der Waals surface area (Å²) in [4.78, 5) is 15.4. The smallest absolute Gasteiger partial charge is 0.195 e. The third-order valence-electron chi connectivity index (χ3n) is 3.28. The Bertz CT molecular complexity index is 765. The lowest BCUT2D eigenvalue weighted by molar-refractivity contribution is 0.0750. The summed E-state index contributed by atoms with van der Waals surface area (Å²) in [6, 6.07) is 14.5. The Labute approximate surface area is 124 Å². The summed E-state index contributed by atoms with van der Waals surface area (Å²) >= 11 is 3.40. The van der Waals surface area contributed by atoms with Gasteiger partial charge in [-0.25, -0.2) is 0 Å². The molecule has 0 aliphatic carbocycles. The second-order valence-corrected chi connectivity index (χ2v) is 5.48. The van der Waals surface area contributed by atoms with Gasteiger partial charge in [0.2, 0.25) is 0 Å². The first-order valence-corrected chi connectivity index (χ1v) is 7.00. The maximum atomic E-state index is 12.3. The van der Waals surface area contributed by atoms with Crippen LogP contribution in [0, 0.1) is 0 Å². The van der Waals surface area contributed by atoms with E-state index in [4.69, 9.17) is 0 Å². The van der Waals surface area contributed by atoms with Gasteiger partial charge in [-0.2, -0.15) is 0 Å². The summed E-state index contributed by atoms with van der Waals surface area (Å²) in [5.41, 5.74) is 1.99. The summed E-state index contributed by atoms with van der Waals surface area (Å²) in [6.45, 7) is 0. The monoisotopic (exact) mass is 329 g/mol. The number of aromatic nitrogens is 1. The van der Waals surface area contributed by atoms with Gasteiger partial charge in [-0.3, -0.25) is 4.79 Å². The van der Waals surface area contributed by atoms with Gasteiger partial charge >= 0.3 is 0 Å². The minimum Gasteiger partial charge on any atom is -0.380 e. The third kappa shape index (κ3) is 2.28. The number of aliphatic hydroxyl groups excluding tert-OH is 1. The van der Waals surface area contributed by atoms with Crippen molar-refractivity contribution in [3.8, 4) is 0 Å². The molecule has 3 aromatic rings. The van der Waals surface area contributed by atoms with E-state index in [1.807, 2.05) is 24.3 Å². The summed E-state index contributed by atoms with van der Waals surface area (Å²) in [6.07, 6.45) is 0.517. The van der Waals surface area contributed by atoms with Crippen molar-refractivity contribution < 1.29 is 9.90 Å². The number of nitrogens with one attached hydrogen (secondary N) is 1. The van der Waals surface area contributed by atoms with Gasteiger partial charge in [0.1, 0.15) is 6.10 Å². The molecule has 0 fully saturated rings. The van der Waals surface area contributed by atoms with E-state index in [1.54, 1.807) is 30.5 Å². The molecule has 100 valence electrons. The molecule has 0 saturated carbocycles. The van der Waals surface area contributed by atoms with Crippen LogP contribution in [0.15, 0.2) is 59.2 Å². The number of aromatic amines is 1. The highest BCUT2D eigenvalue weighted by Gasteiger charge is 2.22. The number of aliphatic hydroxyl groups is 1. The van der Waals surface area contributed by atoms with E-state index < -0.39 is 6.10 Å². The van der Waals surface area contributed by atoms with Crippen molar-refractivity contribution in [1.29, 1.82) is 0 Å². The molecule has 0 aliphatic rings. The number of halogens is 1. The van der Waals surface area contributed by atoms with Crippen molar-refractivity contribution >= 4 is 32.6 Å². The van der Waals surface area contributed by atoms with E-state index in [1.165, 1.54) is 0 Å². The Morgan fingerprint density at radius 2 is 1.90 bits per heavy atom. The fourth-order valence-corrected chi connectivity index (χ4v) is 2.60. The van der Waals surface area contributed by atoms with E-state index in [0.29, 0.717) is 11.1 Å². The summed E-state index contributed by atoms with van der Waals surface area (Å²) < 4.78 is 0.908. The van der Waals surface area contributed by atoms with E-state index in [-0.39, 0.29) is 5.78 Å². The van der Waals surface area contributed by atoms with Gasteiger partial charge in [0.05, 0.1) is 0 Å². The number of fused-ring (bicyclic) bond motifs is 1. The quantitative estimate of drug-likeness (QED) is 0.717. The van der Waals surface area contributed by atoms with Crippen molar-refractivity contribution in [2.75, 3.05) is 0 Å². The number of carbonyl (C=O) groups excluding carboxylic acids is 1. The van der Waals surface area contributed by atoms with Crippen molar-refractivity contribution in [3.63, 3.8) is 0 Å². The van der Waals surface area contributed by atoms with Crippen molar-refractivity contribution in [2.45, 2.75) is 6.10 Å². The normalized spacial score (nSPS) is 12.5. The van der Waals surface area contributed by atoms with Crippen LogP contribution in [0.5, 0.6) is 0 Å². The first-order chi connectivity index (χ1) is 9.66. The zero-order valence-electron chi connectivity index (χ0n) is 10.5. The predicted octanol–water partition coefficient (Wildman–Crippen LogP) is 3.85. The fourth-order valence-electron chi connectivity index (χ4n) is 2.24. The summed E-state index contributed by atoms with van der Waals surface area (Å²) in [7, 11) is 0. The van der Waals surface area contributed by atoms with E-state index in [2.05, 4.69) is 20.9 Å². The molecule has 3 rings (SSSR count). The second-order valence-electron chi connectivity index (χ2n) is 4.57. The summed E-state index contributed by atoms with van der Waals surface area (Å²) in [5.74, 6) is -0.300. The van der Waals surface area contributed by atoms with Gasteiger partial charge in [-0.05, 0) is 18.2 Å². The van der Waals surface area contributed by atoms with E-state index >= 15 is 0 Å². The maximum absolute atomic E-state index is 12.3. The molecule has 1 unspecified atom stereocenters. The van der Waals surface area contributed by atoms with Crippen molar-refractivity contribution in [1.82, 2.24) is 4.98 Å². The van der Waals surface area contributed by atoms with E-state index in [9.17, 15) is 9.90 Å². The largest absolute Gasteiger partial charge is 0.380 e. The van der Waals surface area contributed by atoms with Crippen LogP contribution in [0.3, 0.4) is 0 Å². The molecule has 0 aliphatic heterocycles. The zero-order valence-corrected chi connectivity index (χ0v) is 12.1. The van der Waals surface area contributed by atoms with Gasteiger partial charge in [-0.1, -0.05) is 46.3 Å². The molecule has 2 N–H and O–H groups in total. The highest BCUT2D eigenvalue weighted by atomic mass is 79.9. The standard InChI is InChI=1S/C16H12BrNO2/c17-11-6-7-14-12(8-11)13(9-18-14)16(20)15(19)10-4-2-1-3-5-10/h1-9,16,18,20H.